The molecule has 0 aliphatic heterocycles. The van der Waals surface area contributed by atoms with Gasteiger partial charge in [0.05, 0.1) is 0 Å². The minimum atomic E-state index is 0. The first kappa shape index (κ1) is 8.90. The van der Waals surface area contributed by atoms with Crippen molar-refractivity contribution in [3.63, 3.8) is 0 Å². The Kier molecular flexibility index (Phi) is 20.0. The van der Waals surface area contributed by atoms with Gasteiger partial charge in [-0.05, 0) is 0 Å². The Morgan fingerprint density at radius 2 is 1.75 bits per heavy atom. The van der Waals surface area contributed by atoms with Gasteiger partial charge in [0, 0.05) is 0 Å². The summed E-state index contributed by atoms with van der Waals surface area (Å²) in [5, 5.41) is 7.26. The van der Waals surface area contributed by atoms with E-state index in [4.69, 9.17) is 5.41 Å². The van der Waals surface area contributed by atoms with Gasteiger partial charge < -0.3 is 0 Å². The number of hydrogen-bond acceptors (Lipinski definition) is 0. The second kappa shape index (κ2) is 8.98. The van der Waals surface area contributed by atoms with Gasteiger partial charge in [0.25, 0.3) is 0 Å². The molecule has 0 saturated carbocycles. The molecule has 0 atom stereocenters. The normalized spacial score (nSPS) is 2.00. The third-order valence-electron chi connectivity index (χ3n) is 0. The van der Waals surface area contributed by atoms with Gasteiger partial charge in [0.1, 0.15) is 0 Å². The van der Waals surface area contributed by atoms with Gasteiger partial charge in [-0.25, -0.2) is 0 Å². The van der Waals surface area contributed by atoms with E-state index >= 15 is 0 Å². The quantitative estimate of drug-likeness (QED) is 0.430. The Morgan fingerprint density at radius 3 is 1.75 bits per heavy atom. The zero-order chi connectivity index (χ0) is 2.71. The Labute approximate surface area is 53.2 Å². The fourth-order valence-corrected chi connectivity index (χ4v) is 0. The molecule has 0 amide bonds. The van der Waals surface area contributed by atoms with Gasteiger partial charge in [-0.3, -0.25) is 0 Å². The molecule has 0 saturated heterocycles. The fraction of sp³-hybridized carbons (Fsp3) is 0. The molecule has 0 fully saturated rings. The molecule has 17 valence electrons. The minimum absolute atomic E-state index is 0. The molecule has 0 spiro atoms. The molecule has 1 radical (unpaired) electrons. The molecule has 0 aliphatic rings. The summed E-state index contributed by atoms with van der Waals surface area (Å²) in [6, 6.07) is 0. The van der Waals surface area contributed by atoms with Crippen molar-refractivity contribution in [3.8, 4) is 0 Å². The van der Waals surface area contributed by atoms with Gasteiger partial charge in [0.15, 0.2) is 0 Å². The maximum atomic E-state index is 7.26. The summed E-state index contributed by atoms with van der Waals surface area (Å²) in [6.45, 7) is 0. The Morgan fingerprint density at radius 1 is 1.75 bits per heavy atom. The molecule has 0 unspecified atom stereocenters. The van der Waals surface area contributed by atoms with Crippen LogP contribution in [0.3, 0.4) is 0 Å². The maximum absolute atomic E-state index is 7.26. The van der Waals surface area contributed by atoms with Crippen molar-refractivity contribution in [2.45, 2.75) is 0 Å². The van der Waals surface area contributed by atoms with Crippen LogP contribution >= 0.6 is 0 Å². The van der Waals surface area contributed by atoms with Crippen LogP contribution in [0.1, 0.15) is 0 Å². The van der Waals surface area contributed by atoms with Gasteiger partial charge >= 0.3 is 53.4 Å². The van der Waals surface area contributed by atoms with Crippen molar-refractivity contribution < 1.29 is 27.7 Å². The van der Waals surface area contributed by atoms with Gasteiger partial charge in [-0.1, -0.05) is 0 Å². The summed E-state index contributed by atoms with van der Waals surface area (Å²) >= 11 is 2.11. The third-order valence-corrected chi connectivity index (χ3v) is 0. The zero-order valence-electron chi connectivity index (χ0n) is 2.06. The predicted molar refractivity (Wildman–Crippen MR) is 14.1 cm³/mol. The van der Waals surface area contributed by atoms with Crippen LogP contribution in [0.4, 0.5) is 0 Å². The van der Waals surface area contributed by atoms with Crippen molar-refractivity contribution in [2.24, 2.45) is 0 Å². The summed E-state index contributed by atoms with van der Waals surface area (Å²) in [5.41, 5.74) is 0. The average molecular weight is 306 g/mol. The van der Waals surface area contributed by atoms with Gasteiger partial charge in [-0.2, -0.15) is 0 Å². The van der Waals surface area contributed by atoms with E-state index in [0.717, 1.165) is 0 Å². The number of rotatable bonds is 0. The van der Waals surface area contributed by atoms with E-state index in [-0.39, 0.29) is 27.7 Å². The van der Waals surface area contributed by atoms with Crippen LogP contribution in [0.2, 0.25) is 0 Å². The third kappa shape index (κ3) is 11.7. The molecule has 0 rings (SSSR count). The Balaban J connectivity index is 0. The monoisotopic (exact) mass is 308 g/mol. The van der Waals surface area contributed by atoms with Crippen LogP contribution < -0.4 is 0 Å². The molecule has 3 heteroatoms. The second-order valence-corrected chi connectivity index (χ2v) is 0.474. The van der Waals surface area contributed by atoms with E-state index in [1.807, 2.05) is 0 Å². The van der Waals surface area contributed by atoms with Gasteiger partial charge in [0.2, 0.25) is 0 Å². The van der Waals surface area contributed by atoms with Crippen LogP contribution in [-0.2, 0) is 27.7 Å². The summed E-state index contributed by atoms with van der Waals surface area (Å²) in [5.74, 6) is 0. The zero-order valence-corrected chi connectivity index (χ0v) is 9.27. The van der Waals surface area contributed by atoms with E-state index in [2.05, 4.69) is 15.6 Å². The predicted octanol–water partition coefficient (Wildman–Crippen LogP) is -0.373. The van der Waals surface area contributed by atoms with Crippen molar-refractivity contribution in [3.05, 3.63) is 5.41 Å². The van der Waals surface area contributed by atoms with Crippen molar-refractivity contribution in [1.82, 2.24) is 0 Å². The summed E-state index contributed by atoms with van der Waals surface area (Å²) < 4.78 is 1.62. The SMILES string of the molecule is [Hg+].[N-]=C=[Se]. The van der Waals surface area contributed by atoms with Crippen LogP contribution in [0.5, 0.6) is 0 Å². The fourth-order valence-electron chi connectivity index (χ4n) is 0. The van der Waals surface area contributed by atoms with E-state index in [1.54, 1.807) is 4.71 Å². The molecule has 0 aromatic carbocycles. The molecule has 1 nitrogen and oxygen atoms in total. The molecule has 0 N–H and O–H groups in total. The molecular weight excluding hydrogens is 306 g/mol. The standard InChI is InChI=1S/CNSe.Hg/c2-1-3;/q-1;+1. The van der Waals surface area contributed by atoms with Crippen molar-refractivity contribution in [1.29, 1.82) is 0 Å². The van der Waals surface area contributed by atoms with Crippen molar-refractivity contribution >= 4 is 20.3 Å². The molecule has 0 aromatic heterocycles. The van der Waals surface area contributed by atoms with E-state index < -0.39 is 0 Å². The number of nitrogens with zero attached hydrogens (tertiary/aromatic N) is 1. The molecule has 0 heterocycles. The topological polar surface area (TPSA) is 22.3 Å². The second-order valence-electron chi connectivity index (χ2n) is 0.0913. The molecule has 0 aromatic rings. The average Bonchev–Trinajstić information content (AvgIpc) is 0.918. The summed E-state index contributed by atoms with van der Waals surface area (Å²) in [4.78, 5) is 0. The van der Waals surface area contributed by atoms with Crippen LogP contribution in [0, 0.1) is 0 Å². The molecule has 0 bridgehead atoms. The van der Waals surface area contributed by atoms with E-state index in [0.29, 0.717) is 0 Å². The summed E-state index contributed by atoms with van der Waals surface area (Å²) in [6.07, 6.45) is 0. The van der Waals surface area contributed by atoms with E-state index in [1.165, 1.54) is 0 Å². The molecule has 4 heavy (non-hydrogen) atoms. The summed E-state index contributed by atoms with van der Waals surface area (Å²) in [7, 11) is 0. The van der Waals surface area contributed by atoms with Crippen LogP contribution in [-0.4, -0.2) is 20.3 Å². The molecular formula is CHgNSe. The molecule has 0 aliphatic carbocycles. The van der Waals surface area contributed by atoms with E-state index in [9.17, 15) is 0 Å². The van der Waals surface area contributed by atoms with Gasteiger partial charge in [-0.15, -0.1) is 0 Å². The first-order valence-corrected chi connectivity index (χ1v) is 1.28. The first-order valence-electron chi connectivity index (χ1n) is 0.428. The Bertz CT molecular complexity index is 29.0. The first-order chi connectivity index (χ1) is 1.41. The Hall–Kier alpha value is 1.03. The number of hydrogen-bond donors (Lipinski definition) is 0. The van der Waals surface area contributed by atoms with Crippen LogP contribution in [0.15, 0.2) is 0 Å². The van der Waals surface area contributed by atoms with Crippen molar-refractivity contribution in [2.75, 3.05) is 0 Å². The van der Waals surface area contributed by atoms with Crippen LogP contribution in [0.25, 0.3) is 5.41 Å².